The maximum absolute atomic E-state index is 11.6. The molecule has 0 radical (unpaired) electrons. The van der Waals surface area contributed by atoms with E-state index >= 15 is 0 Å². The van der Waals surface area contributed by atoms with Gasteiger partial charge in [0.1, 0.15) is 16.8 Å². The molecule has 2 aliphatic heterocycles. The molecule has 33 heavy (non-hydrogen) atoms. The standard InChI is InChI=1S/C23H26N4O5S/c1-3-29-23(28)32-16-6-8-27(9-7-16)22-25-20(17-10-14(2)33-21(17)26-22)24-12-15-4-5-18-19(11-15)31-13-30-18/h4-5,10-11,16H,3,6-9,12-13H2,1-2H3,(H,24,25,26). The quantitative estimate of drug-likeness (QED) is 0.523. The maximum Gasteiger partial charge on any atom is 0.508 e. The minimum atomic E-state index is -0.599. The predicted molar refractivity (Wildman–Crippen MR) is 125 cm³/mol. The van der Waals surface area contributed by atoms with Gasteiger partial charge in [-0.25, -0.2) is 9.78 Å². The molecule has 10 heteroatoms. The number of nitrogens with one attached hydrogen (secondary N) is 1. The van der Waals surface area contributed by atoms with Gasteiger partial charge >= 0.3 is 6.16 Å². The van der Waals surface area contributed by atoms with Crippen LogP contribution in [-0.2, 0) is 16.0 Å². The first-order chi connectivity index (χ1) is 16.1. The molecule has 0 saturated carbocycles. The number of thiophene rings is 1. The summed E-state index contributed by atoms with van der Waals surface area (Å²) in [5.41, 5.74) is 1.08. The minimum Gasteiger partial charge on any atom is -0.454 e. The van der Waals surface area contributed by atoms with Gasteiger partial charge < -0.3 is 29.2 Å². The number of ether oxygens (including phenoxy) is 4. The van der Waals surface area contributed by atoms with Crippen molar-refractivity contribution in [3.8, 4) is 11.5 Å². The van der Waals surface area contributed by atoms with E-state index in [0.29, 0.717) is 45.0 Å². The van der Waals surface area contributed by atoms with E-state index in [-0.39, 0.29) is 12.9 Å². The van der Waals surface area contributed by atoms with Crippen LogP contribution in [0.25, 0.3) is 10.2 Å². The third-order valence-corrected chi connectivity index (χ3v) is 6.60. The highest BCUT2D eigenvalue weighted by atomic mass is 32.1. The second-order valence-corrected chi connectivity index (χ2v) is 9.21. The normalized spacial score (nSPS) is 15.6. The topological polar surface area (TPSA) is 95.0 Å². The fourth-order valence-electron chi connectivity index (χ4n) is 4.01. The minimum absolute atomic E-state index is 0.142. The molecule has 9 nitrogen and oxygen atoms in total. The fourth-order valence-corrected chi connectivity index (χ4v) is 4.88. The summed E-state index contributed by atoms with van der Waals surface area (Å²) in [4.78, 5) is 25.6. The molecule has 1 aromatic carbocycles. The second kappa shape index (κ2) is 9.30. The number of carbonyl (C=O) groups is 1. The first-order valence-corrected chi connectivity index (χ1v) is 11.9. The Morgan fingerprint density at radius 1 is 1.21 bits per heavy atom. The third kappa shape index (κ3) is 4.75. The van der Waals surface area contributed by atoms with Crippen LogP contribution < -0.4 is 19.7 Å². The van der Waals surface area contributed by atoms with E-state index in [4.69, 9.17) is 28.9 Å². The van der Waals surface area contributed by atoms with Crippen molar-refractivity contribution in [3.63, 3.8) is 0 Å². The Morgan fingerprint density at radius 2 is 2.03 bits per heavy atom. The zero-order valence-electron chi connectivity index (χ0n) is 18.6. The largest absolute Gasteiger partial charge is 0.508 e. The van der Waals surface area contributed by atoms with E-state index in [1.54, 1.807) is 18.3 Å². The number of hydrogen-bond acceptors (Lipinski definition) is 10. The number of carbonyl (C=O) groups excluding carboxylic acids is 1. The molecule has 1 N–H and O–H groups in total. The van der Waals surface area contributed by atoms with Crippen molar-refractivity contribution in [2.45, 2.75) is 39.3 Å². The van der Waals surface area contributed by atoms with Gasteiger partial charge in [-0.15, -0.1) is 11.3 Å². The summed E-state index contributed by atoms with van der Waals surface area (Å²) in [5, 5.41) is 4.50. The van der Waals surface area contributed by atoms with E-state index in [2.05, 4.69) is 23.2 Å². The lowest BCUT2D eigenvalue weighted by Crippen LogP contribution is -2.39. The van der Waals surface area contributed by atoms with E-state index in [1.165, 1.54) is 4.88 Å². The van der Waals surface area contributed by atoms with Crippen LogP contribution in [0.4, 0.5) is 16.6 Å². The summed E-state index contributed by atoms with van der Waals surface area (Å²) in [6.45, 7) is 6.44. The molecular weight excluding hydrogens is 444 g/mol. The van der Waals surface area contributed by atoms with Gasteiger partial charge in [0.2, 0.25) is 12.7 Å². The van der Waals surface area contributed by atoms with Crippen LogP contribution >= 0.6 is 11.3 Å². The highest BCUT2D eigenvalue weighted by molar-refractivity contribution is 7.18. The van der Waals surface area contributed by atoms with E-state index in [9.17, 15) is 4.79 Å². The number of aryl methyl sites for hydroxylation is 1. The first-order valence-electron chi connectivity index (χ1n) is 11.1. The van der Waals surface area contributed by atoms with Gasteiger partial charge in [0, 0.05) is 37.4 Å². The van der Waals surface area contributed by atoms with Gasteiger partial charge in [0.15, 0.2) is 11.5 Å². The van der Waals surface area contributed by atoms with Crippen molar-refractivity contribution < 1.29 is 23.7 Å². The van der Waals surface area contributed by atoms with Gasteiger partial charge in [-0.1, -0.05) is 6.07 Å². The average Bonchev–Trinajstić information content (AvgIpc) is 3.43. The summed E-state index contributed by atoms with van der Waals surface area (Å²) in [7, 11) is 0. The van der Waals surface area contributed by atoms with Gasteiger partial charge in [0.25, 0.3) is 0 Å². The maximum atomic E-state index is 11.6. The van der Waals surface area contributed by atoms with Crippen LogP contribution in [0.2, 0.25) is 0 Å². The van der Waals surface area contributed by atoms with Crippen molar-refractivity contribution in [2.75, 3.05) is 36.7 Å². The lowest BCUT2D eigenvalue weighted by Gasteiger charge is -2.31. The van der Waals surface area contributed by atoms with Crippen molar-refractivity contribution in [3.05, 3.63) is 34.7 Å². The molecule has 1 fully saturated rings. The number of benzene rings is 1. The number of hydrogen-bond donors (Lipinski definition) is 1. The Labute approximate surface area is 195 Å². The Bertz CT molecular complexity index is 1160. The lowest BCUT2D eigenvalue weighted by atomic mass is 10.1. The molecule has 0 aliphatic carbocycles. The van der Waals surface area contributed by atoms with Crippen LogP contribution in [0.3, 0.4) is 0 Å². The van der Waals surface area contributed by atoms with Gasteiger partial charge in [-0.05, 0) is 37.6 Å². The smallest absolute Gasteiger partial charge is 0.454 e. The number of nitrogens with zero attached hydrogens (tertiary/aromatic N) is 3. The van der Waals surface area contributed by atoms with Crippen LogP contribution in [0.15, 0.2) is 24.3 Å². The molecule has 2 aliphatic rings. The van der Waals surface area contributed by atoms with E-state index < -0.39 is 6.16 Å². The average molecular weight is 471 g/mol. The van der Waals surface area contributed by atoms with Crippen LogP contribution in [0, 0.1) is 6.92 Å². The molecular formula is C23H26N4O5S. The van der Waals surface area contributed by atoms with Crippen molar-refractivity contribution in [1.29, 1.82) is 0 Å². The summed E-state index contributed by atoms with van der Waals surface area (Å²) >= 11 is 1.66. The number of aromatic nitrogens is 2. The van der Waals surface area contributed by atoms with Crippen molar-refractivity contribution in [2.24, 2.45) is 0 Å². The number of anilines is 2. The Kier molecular flexibility index (Phi) is 6.08. The summed E-state index contributed by atoms with van der Waals surface area (Å²) < 4.78 is 21.2. The number of rotatable bonds is 6. The molecule has 0 amide bonds. The Hall–Kier alpha value is -3.27. The lowest BCUT2D eigenvalue weighted by molar-refractivity contribution is 0.0183. The molecule has 4 heterocycles. The Morgan fingerprint density at radius 3 is 2.85 bits per heavy atom. The van der Waals surface area contributed by atoms with Crippen LogP contribution in [0.5, 0.6) is 11.5 Å². The highest BCUT2D eigenvalue weighted by Crippen LogP contribution is 2.34. The molecule has 174 valence electrons. The van der Waals surface area contributed by atoms with Crippen LogP contribution in [-0.4, -0.2) is 48.7 Å². The SMILES string of the molecule is CCOC(=O)OC1CCN(c2nc(NCc3ccc4c(c3)OCO4)c3cc(C)sc3n2)CC1. The zero-order valence-corrected chi connectivity index (χ0v) is 19.4. The third-order valence-electron chi connectivity index (χ3n) is 5.65. The fraction of sp³-hybridized carbons (Fsp3) is 0.435. The molecule has 0 atom stereocenters. The number of fused-ring (bicyclic) bond motifs is 2. The van der Waals surface area contributed by atoms with Crippen molar-refractivity contribution >= 4 is 39.5 Å². The summed E-state index contributed by atoms with van der Waals surface area (Å²) in [6.07, 6.45) is 0.682. The molecule has 1 saturated heterocycles. The summed E-state index contributed by atoms with van der Waals surface area (Å²) in [6, 6.07) is 8.05. The molecule has 3 aromatic rings. The van der Waals surface area contributed by atoms with E-state index in [0.717, 1.165) is 33.1 Å². The molecule has 2 aromatic heterocycles. The monoisotopic (exact) mass is 470 g/mol. The first kappa shape index (κ1) is 21.6. The molecule has 0 bridgehead atoms. The van der Waals surface area contributed by atoms with Gasteiger partial charge in [-0.2, -0.15) is 4.98 Å². The summed E-state index contributed by atoms with van der Waals surface area (Å²) in [5.74, 6) is 3.03. The van der Waals surface area contributed by atoms with Gasteiger partial charge in [0.05, 0.1) is 12.0 Å². The number of piperidine rings is 1. The van der Waals surface area contributed by atoms with Crippen molar-refractivity contribution in [1.82, 2.24) is 9.97 Å². The second-order valence-electron chi connectivity index (χ2n) is 7.98. The molecule has 0 unspecified atom stereocenters. The van der Waals surface area contributed by atoms with Crippen LogP contribution in [0.1, 0.15) is 30.2 Å². The van der Waals surface area contributed by atoms with Gasteiger partial charge in [-0.3, -0.25) is 0 Å². The zero-order chi connectivity index (χ0) is 22.8. The Balaban J connectivity index is 1.31. The molecule has 0 spiro atoms. The predicted octanol–water partition coefficient (Wildman–Crippen LogP) is 4.48. The molecule has 5 rings (SSSR count). The highest BCUT2D eigenvalue weighted by Gasteiger charge is 2.25. The van der Waals surface area contributed by atoms with E-state index in [1.807, 2.05) is 18.2 Å².